The van der Waals surface area contributed by atoms with Gasteiger partial charge in [-0.05, 0) is 38.5 Å². The molecule has 0 aliphatic carbocycles. The van der Waals surface area contributed by atoms with E-state index in [0.717, 1.165) is 0 Å². The normalized spacial score (nSPS) is 14.9. The van der Waals surface area contributed by atoms with E-state index in [0.29, 0.717) is 35.2 Å². The second-order valence-electron chi connectivity index (χ2n) is 8.92. The SMILES string of the molecule is Cn1cnc2c(-c3ccc(OC(F)(F)F)cc3)cn(C3CN(C(=O)OC(C)(C)C)C3)c(=O)c21. The topological polar surface area (TPSA) is 78.6 Å². The first-order valence-corrected chi connectivity index (χ1v) is 10.2. The number of fused-ring (bicyclic) bond motifs is 1. The molecule has 3 heterocycles. The van der Waals surface area contributed by atoms with Crippen LogP contribution >= 0.6 is 0 Å². The number of ether oxygens (including phenoxy) is 2. The Balaban J connectivity index is 1.66. The van der Waals surface area contributed by atoms with Gasteiger partial charge in [0.1, 0.15) is 22.4 Å². The first kappa shape index (κ1) is 22.7. The second kappa shape index (κ2) is 7.82. The number of carbonyl (C=O) groups is 1. The number of nitrogens with zero attached hydrogens (tertiary/aromatic N) is 4. The minimum Gasteiger partial charge on any atom is -0.444 e. The number of pyridine rings is 1. The molecule has 8 nitrogen and oxygen atoms in total. The van der Waals surface area contributed by atoms with Crippen molar-refractivity contribution in [2.75, 3.05) is 13.1 Å². The average Bonchev–Trinajstić information content (AvgIpc) is 3.02. The fourth-order valence-corrected chi connectivity index (χ4v) is 3.69. The third-order valence-electron chi connectivity index (χ3n) is 5.20. The number of imidazole rings is 1. The molecule has 0 radical (unpaired) electrons. The van der Waals surface area contributed by atoms with Crippen molar-refractivity contribution in [1.82, 2.24) is 19.0 Å². The Labute approximate surface area is 187 Å². The van der Waals surface area contributed by atoms with Crippen LogP contribution in [0.15, 0.2) is 41.6 Å². The number of hydrogen-bond acceptors (Lipinski definition) is 5. The highest BCUT2D eigenvalue weighted by Crippen LogP contribution is 2.31. The Bertz CT molecular complexity index is 1250. The first-order valence-electron chi connectivity index (χ1n) is 10.2. The van der Waals surface area contributed by atoms with Crippen LogP contribution in [0.2, 0.25) is 0 Å². The highest BCUT2D eigenvalue weighted by molar-refractivity contribution is 5.91. The molecule has 0 saturated carbocycles. The number of aryl methyl sites for hydroxylation is 1. The van der Waals surface area contributed by atoms with Crippen molar-refractivity contribution in [2.24, 2.45) is 7.05 Å². The third-order valence-corrected chi connectivity index (χ3v) is 5.20. The van der Waals surface area contributed by atoms with Crippen molar-refractivity contribution in [3.63, 3.8) is 0 Å². The van der Waals surface area contributed by atoms with E-state index in [9.17, 15) is 22.8 Å². The minimum absolute atomic E-state index is 0.264. The monoisotopic (exact) mass is 464 g/mol. The lowest BCUT2D eigenvalue weighted by Crippen LogP contribution is -2.54. The fourth-order valence-electron chi connectivity index (χ4n) is 3.69. The molecular formula is C22H23F3N4O4. The quantitative estimate of drug-likeness (QED) is 0.584. The lowest BCUT2D eigenvalue weighted by molar-refractivity contribution is -0.274. The lowest BCUT2D eigenvalue weighted by Gasteiger charge is -2.40. The summed E-state index contributed by atoms with van der Waals surface area (Å²) in [6, 6.07) is 5.11. The van der Waals surface area contributed by atoms with Gasteiger partial charge in [0.05, 0.1) is 12.4 Å². The van der Waals surface area contributed by atoms with Gasteiger partial charge in [0, 0.05) is 31.9 Å². The van der Waals surface area contributed by atoms with E-state index in [1.807, 2.05) is 0 Å². The highest BCUT2D eigenvalue weighted by atomic mass is 19.4. The lowest BCUT2D eigenvalue weighted by atomic mass is 10.0. The van der Waals surface area contributed by atoms with Gasteiger partial charge < -0.3 is 23.5 Å². The van der Waals surface area contributed by atoms with Gasteiger partial charge in [0.25, 0.3) is 5.56 Å². The van der Waals surface area contributed by atoms with E-state index in [-0.39, 0.29) is 17.4 Å². The van der Waals surface area contributed by atoms with Gasteiger partial charge in [0.2, 0.25) is 0 Å². The smallest absolute Gasteiger partial charge is 0.444 e. The van der Waals surface area contributed by atoms with Crippen molar-refractivity contribution >= 4 is 17.1 Å². The van der Waals surface area contributed by atoms with Crippen LogP contribution in [0.25, 0.3) is 22.2 Å². The van der Waals surface area contributed by atoms with E-state index in [2.05, 4.69) is 9.72 Å². The summed E-state index contributed by atoms with van der Waals surface area (Å²) in [7, 11) is 1.69. The maximum absolute atomic E-state index is 13.2. The van der Waals surface area contributed by atoms with Crippen LogP contribution in [0.4, 0.5) is 18.0 Å². The molecule has 11 heteroatoms. The molecule has 1 saturated heterocycles. The van der Waals surface area contributed by atoms with Gasteiger partial charge in [-0.25, -0.2) is 9.78 Å². The Hall–Kier alpha value is -3.50. The van der Waals surface area contributed by atoms with Crippen LogP contribution in [0.1, 0.15) is 26.8 Å². The van der Waals surface area contributed by atoms with E-state index < -0.39 is 18.1 Å². The molecule has 1 aliphatic heterocycles. The predicted molar refractivity (Wildman–Crippen MR) is 114 cm³/mol. The summed E-state index contributed by atoms with van der Waals surface area (Å²) < 4.78 is 49.9. The zero-order chi connectivity index (χ0) is 24.1. The van der Waals surface area contributed by atoms with Crippen LogP contribution in [-0.4, -0.2) is 50.2 Å². The van der Waals surface area contributed by atoms with Gasteiger partial charge in [-0.2, -0.15) is 0 Å². The molecular weight excluding hydrogens is 441 g/mol. The summed E-state index contributed by atoms with van der Waals surface area (Å²) in [6.45, 7) is 5.94. The van der Waals surface area contributed by atoms with Crippen molar-refractivity contribution in [3.8, 4) is 16.9 Å². The maximum atomic E-state index is 13.2. The largest absolute Gasteiger partial charge is 0.573 e. The molecule has 1 aromatic carbocycles. The van der Waals surface area contributed by atoms with Crippen LogP contribution < -0.4 is 10.3 Å². The number of carbonyl (C=O) groups excluding carboxylic acids is 1. The van der Waals surface area contributed by atoms with E-state index in [1.54, 1.807) is 43.1 Å². The predicted octanol–water partition coefficient (Wildman–Crippen LogP) is 4.09. The van der Waals surface area contributed by atoms with E-state index in [4.69, 9.17) is 4.74 Å². The number of halogens is 3. The van der Waals surface area contributed by atoms with Gasteiger partial charge in [-0.1, -0.05) is 12.1 Å². The first-order chi connectivity index (χ1) is 15.3. The molecule has 33 heavy (non-hydrogen) atoms. The average molecular weight is 464 g/mol. The summed E-state index contributed by atoms with van der Waals surface area (Å²) in [5.74, 6) is -0.344. The van der Waals surface area contributed by atoms with Gasteiger partial charge >= 0.3 is 12.5 Å². The minimum atomic E-state index is -4.78. The van der Waals surface area contributed by atoms with Crippen LogP contribution in [0.3, 0.4) is 0 Å². The summed E-state index contributed by atoms with van der Waals surface area (Å²) in [4.78, 5) is 31.3. The molecule has 3 aromatic rings. The number of aromatic nitrogens is 3. The Morgan fingerprint density at radius 1 is 1.12 bits per heavy atom. The molecule has 1 amide bonds. The standard InChI is InChI=1S/C22H23F3N4O4/c1-21(2,3)33-20(31)28-9-14(10-28)29-11-16(17-18(19(29)30)27(4)12-26-17)13-5-7-15(8-6-13)32-22(23,24)25/h5-8,11-12,14H,9-10H2,1-4H3. The van der Waals surface area contributed by atoms with Gasteiger partial charge in [0.15, 0.2) is 0 Å². The molecule has 1 fully saturated rings. The number of rotatable bonds is 3. The summed E-state index contributed by atoms with van der Waals surface area (Å²) in [6.07, 6.45) is -2.09. The second-order valence-corrected chi connectivity index (χ2v) is 8.92. The molecule has 1 aliphatic rings. The zero-order valence-electron chi connectivity index (χ0n) is 18.5. The fraction of sp³-hybridized carbons (Fsp3) is 0.409. The third kappa shape index (κ3) is 4.67. The number of hydrogen-bond donors (Lipinski definition) is 0. The van der Waals surface area contributed by atoms with Crippen molar-refractivity contribution in [1.29, 1.82) is 0 Å². The number of benzene rings is 1. The summed E-state index contributed by atoms with van der Waals surface area (Å²) >= 11 is 0. The van der Waals surface area contributed by atoms with Gasteiger partial charge in [-0.15, -0.1) is 13.2 Å². The summed E-state index contributed by atoms with van der Waals surface area (Å²) in [5, 5.41) is 0. The Kier molecular flexibility index (Phi) is 5.38. The van der Waals surface area contributed by atoms with E-state index in [1.165, 1.54) is 35.5 Å². The number of alkyl halides is 3. The van der Waals surface area contributed by atoms with Crippen molar-refractivity contribution < 1.29 is 27.4 Å². The van der Waals surface area contributed by atoms with Crippen molar-refractivity contribution in [2.45, 2.75) is 38.8 Å². The zero-order valence-corrected chi connectivity index (χ0v) is 18.5. The molecule has 4 rings (SSSR count). The molecule has 176 valence electrons. The van der Waals surface area contributed by atoms with Crippen LogP contribution in [-0.2, 0) is 11.8 Å². The van der Waals surface area contributed by atoms with Gasteiger partial charge in [-0.3, -0.25) is 4.79 Å². The highest BCUT2D eigenvalue weighted by Gasteiger charge is 2.36. The van der Waals surface area contributed by atoms with Crippen LogP contribution in [0.5, 0.6) is 5.75 Å². The maximum Gasteiger partial charge on any atom is 0.573 e. The van der Waals surface area contributed by atoms with Crippen LogP contribution in [0, 0.1) is 0 Å². The molecule has 2 aromatic heterocycles. The Morgan fingerprint density at radius 2 is 1.76 bits per heavy atom. The van der Waals surface area contributed by atoms with Crippen molar-refractivity contribution in [3.05, 3.63) is 47.1 Å². The molecule has 0 atom stereocenters. The van der Waals surface area contributed by atoms with E-state index >= 15 is 0 Å². The molecule has 0 unspecified atom stereocenters. The summed E-state index contributed by atoms with van der Waals surface area (Å²) in [5.41, 5.74) is 1.07. The molecule has 0 spiro atoms. The number of amides is 1. The number of likely N-dealkylation sites (tertiary alicyclic amines) is 1. The Morgan fingerprint density at radius 3 is 2.33 bits per heavy atom. The molecule has 0 N–H and O–H groups in total. The molecule has 0 bridgehead atoms.